The van der Waals surface area contributed by atoms with Crippen LogP contribution >= 0.6 is 23.5 Å². The molecule has 1 aromatic carbocycles. The molecule has 236 valence electrons. The average molecular weight is 644 g/mol. The molecule has 2 aromatic rings. The number of carbonyl (C=O) groups excluding carboxylic acids is 4. The maximum Gasteiger partial charge on any atom is 0.259 e. The van der Waals surface area contributed by atoms with Gasteiger partial charge >= 0.3 is 0 Å². The fourth-order valence-corrected chi connectivity index (χ4v) is 6.42. The van der Waals surface area contributed by atoms with E-state index in [9.17, 15) is 19.2 Å². The predicted octanol–water partition coefficient (Wildman–Crippen LogP) is 2.99. The molecule has 2 fully saturated rings. The van der Waals surface area contributed by atoms with Crippen LogP contribution in [-0.2, 0) is 19.2 Å². The summed E-state index contributed by atoms with van der Waals surface area (Å²) in [6.07, 6.45) is 4.21. The van der Waals surface area contributed by atoms with Gasteiger partial charge in [-0.1, -0.05) is 31.7 Å². The minimum atomic E-state index is -0.987. The largest absolute Gasteiger partial charge is 0.493 e. The quantitative estimate of drug-likeness (QED) is 0.367. The van der Waals surface area contributed by atoms with Crippen molar-refractivity contribution in [2.45, 2.75) is 32.6 Å². The molecule has 3 amide bonds. The number of fused-ring (bicyclic) bond motifs is 1. The van der Waals surface area contributed by atoms with Gasteiger partial charge < -0.3 is 24.6 Å². The Kier molecular flexibility index (Phi) is 11.1. The predicted molar refractivity (Wildman–Crippen MR) is 173 cm³/mol. The monoisotopic (exact) mass is 643 g/mol. The highest BCUT2D eigenvalue weighted by Crippen LogP contribution is 2.36. The maximum absolute atomic E-state index is 13.7. The van der Waals surface area contributed by atoms with Crippen LogP contribution in [0.2, 0.25) is 0 Å². The Morgan fingerprint density at radius 2 is 1.82 bits per heavy atom. The number of ether oxygens (including phenoxy) is 2. The number of nitrogens with one attached hydrogen (secondary N) is 2. The van der Waals surface area contributed by atoms with Crippen molar-refractivity contribution in [3.05, 3.63) is 24.3 Å². The molecule has 0 bridgehead atoms. The summed E-state index contributed by atoms with van der Waals surface area (Å²) < 4.78 is 11.0. The van der Waals surface area contributed by atoms with Crippen LogP contribution in [0.1, 0.15) is 27.2 Å². The zero-order chi connectivity index (χ0) is 32.0. The van der Waals surface area contributed by atoms with E-state index >= 15 is 0 Å². The van der Waals surface area contributed by atoms with Crippen molar-refractivity contribution < 1.29 is 28.7 Å². The summed E-state index contributed by atoms with van der Waals surface area (Å²) in [7, 11) is 3.02. The lowest BCUT2D eigenvalue weighted by molar-refractivity contribution is -0.134. The fourth-order valence-electron chi connectivity index (χ4n) is 4.75. The molecular formula is C29H37N7O6S2. The average Bonchev–Trinajstić information content (AvgIpc) is 3.42. The van der Waals surface area contributed by atoms with Crippen molar-refractivity contribution in [1.29, 1.82) is 5.41 Å². The number of rotatable bonds is 10. The molecule has 15 heteroatoms. The Bertz CT molecular complexity index is 1480. The van der Waals surface area contributed by atoms with Gasteiger partial charge in [-0.2, -0.15) is 4.98 Å². The molecule has 2 unspecified atom stereocenters. The number of benzene rings is 1. The number of anilines is 2. The molecule has 13 nitrogen and oxygen atoms in total. The van der Waals surface area contributed by atoms with Crippen LogP contribution in [0.25, 0.3) is 10.9 Å². The van der Waals surface area contributed by atoms with Crippen molar-refractivity contribution in [3.63, 3.8) is 0 Å². The van der Waals surface area contributed by atoms with Crippen molar-refractivity contribution in [2.75, 3.05) is 62.1 Å². The minimum absolute atomic E-state index is 0.0284. The van der Waals surface area contributed by atoms with E-state index in [1.807, 2.05) is 17.9 Å². The first-order chi connectivity index (χ1) is 21.1. The molecule has 2 atom stereocenters. The lowest BCUT2D eigenvalue weighted by atomic mass is 10.2. The first-order valence-corrected chi connectivity index (χ1v) is 16.2. The summed E-state index contributed by atoms with van der Waals surface area (Å²) in [6.45, 7) is 7.04. The topological polar surface area (TPSA) is 158 Å². The lowest BCUT2D eigenvalue weighted by Crippen LogP contribution is -2.49. The summed E-state index contributed by atoms with van der Waals surface area (Å²) in [4.78, 5) is 65.3. The van der Waals surface area contributed by atoms with Crippen molar-refractivity contribution in [1.82, 2.24) is 19.8 Å². The van der Waals surface area contributed by atoms with Gasteiger partial charge in [0.15, 0.2) is 22.0 Å². The molecule has 3 heterocycles. The number of amidine groups is 1. The lowest BCUT2D eigenvalue weighted by Gasteiger charge is -2.34. The highest BCUT2D eigenvalue weighted by Gasteiger charge is 2.41. The normalized spacial score (nSPS) is 17.7. The number of carbonyl (C=O) groups is 4. The van der Waals surface area contributed by atoms with E-state index in [4.69, 9.17) is 24.9 Å². The standard InChI is InChI=1S/C29H37N7O6S2/c1-6-7-8-24(38)34-9-11-35(12-10-34)29-31-20-14-22(42-5)21(41-4)13-19(20)25(33-29)32-26(39)28-36(23(30)16-44-28)27(40)17(2)15-43-18(3)37/h7-8,13-14,17,28,30H,6,9-12,15-16H2,1-5H3,(H,31,32,33,39). The maximum atomic E-state index is 13.7. The fraction of sp³-hybridized carbons (Fsp3) is 0.483. The van der Waals surface area contributed by atoms with Crippen molar-refractivity contribution in [2.24, 2.45) is 5.92 Å². The number of aromatic nitrogens is 2. The number of allylic oxidation sites excluding steroid dienone is 1. The number of amides is 3. The molecule has 4 rings (SSSR count). The molecule has 0 saturated carbocycles. The van der Waals surface area contributed by atoms with Gasteiger partial charge in [0.1, 0.15) is 11.7 Å². The van der Waals surface area contributed by atoms with Gasteiger partial charge in [-0.25, -0.2) is 4.98 Å². The smallest absolute Gasteiger partial charge is 0.259 e. The summed E-state index contributed by atoms with van der Waals surface area (Å²) in [6, 6.07) is 3.38. The second kappa shape index (κ2) is 14.8. The molecule has 1 aromatic heterocycles. The SMILES string of the molecule is CCC=CC(=O)N1CCN(c2nc(NC(=O)C3SCC(=N)N3C(=O)C(C)CSC(C)=O)c3cc(OC)c(OC)cc3n2)CC1. The molecule has 2 N–H and O–H groups in total. The van der Waals surface area contributed by atoms with Crippen LogP contribution in [0.4, 0.5) is 11.8 Å². The van der Waals surface area contributed by atoms with Crippen LogP contribution in [-0.4, -0.2) is 106 Å². The van der Waals surface area contributed by atoms with Gasteiger partial charge in [0.2, 0.25) is 17.8 Å². The highest BCUT2D eigenvalue weighted by molar-refractivity contribution is 8.13. The van der Waals surface area contributed by atoms with E-state index in [0.29, 0.717) is 54.5 Å². The van der Waals surface area contributed by atoms with Crippen LogP contribution in [0, 0.1) is 11.3 Å². The van der Waals surface area contributed by atoms with Crippen LogP contribution in [0.3, 0.4) is 0 Å². The van der Waals surface area contributed by atoms with E-state index in [2.05, 4.69) is 5.32 Å². The summed E-state index contributed by atoms with van der Waals surface area (Å²) in [5.74, 6) is 0.413. The molecule has 44 heavy (non-hydrogen) atoms. The molecule has 2 aliphatic heterocycles. The Morgan fingerprint density at radius 1 is 1.14 bits per heavy atom. The first kappa shape index (κ1) is 33.1. The highest BCUT2D eigenvalue weighted by atomic mass is 32.2. The third kappa shape index (κ3) is 7.44. The van der Waals surface area contributed by atoms with Gasteiger partial charge in [0.25, 0.3) is 5.91 Å². The second-order valence-electron chi connectivity index (χ2n) is 10.2. The van der Waals surface area contributed by atoms with Crippen molar-refractivity contribution in [3.8, 4) is 11.5 Å². The van der Waals surface area contributed by atoms with Gasteiger partial charge in [0.05, 0.1) is 25.5 Å². The Balaban J connectivity index is 1.63. The van der Waals surface area contributed by atoms with E-state index in [0.717, 1.165) is 18.2 Å². The van der Waals surface area contributed by atoms with Crippen LogP contribution < -0.4 is 19.7 Å². The van der Waals surface area contributed by atoms with E-state index in [-0.39, 0.29) is 34.2 Å². The number of nitrogens with zero attached hydrogens (tertiary/aromatic N) is 5. The van der Waals surface area contributed by atoms with E-state index in [1.54, 1.807) is 30.0 Å². The van der Waals surface area contributed by atoms with Crippen LogP contribution in [0.5, 0.6) is 11.5 Å². The Hall–Kier alpha value is -3.85. The summed E-state index contributed by atoms with van der Waals surface area (Å²) >= 11 is 2.20. The zero-order valence-electron chi connectivity index (χ0n) is 25.4. The summed E-state index contributed by atoms with van der Waals surface area (Å²) in [5.41, 5.74) is 0.502. The van der Waals surface area contributed by atoms with Gasteiger partial charge in [0, 0.05) is 56.2 Å². The van der Waals surface area contributed by atoms with Gasteiger partial charge in [-0.15, -0.1) is 11.8 Å². The first-order valence-electron chi connectivity index (χ1n) is 14.2. The number of methoxy groups -OCH3 is 2. The Labute approximate surface area is 264 Å². The molecule has 2 aliphatic rings. The minimum Gasteiger partial charge on any atom is -0.493 e. The molecule has 2 saturated heterocycles. The molecule has 0 radical (unpaired) electrons. The van der Waals surface area contributed by atoms with E-state index < -0.39 is 23.1 Å². The van der Waals surface area contributed by atoms with E-state index in [1.165, 1.54) is 37.8 Å². The number of piperazine rings is 1. The third-order valence-corrected chi connectivity index (χ3v) is 9.38. The van der Waals surface area contributed by atoms with Gasteiger partial charge in [-0.05, 0) is 18.6 Å². The molecular weight excluding hydrogens is 606 g/mol. The molecule has 0 aliphatic carbocycles. The van der Waals surface area contributed by atoms with Crippen LogP contribution in [0.15, 0.2) is 24.3 Å². The number of thioether (sulfide) groups is 2. The number of hydrogen-bond donors (Lipinski definition) is 2. The van der Waals surface area contributed by atoms with Gasteiger partial charge in [-0.3, -0.25) is 29.5 Å². The Morgan fingerprint density at radius 3 is 2.45 bits per heavy atom. The number of hydrogen-bond acceptors (Lipinski definition) is 12. The summed E-state index contributed by atoms with van der Waals surface area (Å²) in [5, 5.41) is 10.7. The third-order valence-electron chi connectivity index (χ3n) is 7.12. The second-order valence-corrected chi connectivity index (χ2v) is 12.5. The zero-order valence-corrected chi connectivity index (χ0v) is 27.0. The molecule has 0 spiro atoms. The van der Waals surface area contributed by atoms with Crippen molar-refractivity contribution >= 4 is 74.9 Å².